The highest BCUT2D eigenvalue weighted by Gasteiger charge is 2.31. The maximum atomic E-state index is 12.5. The van der Waals surface area contributed by atoms with Crippen LogP contribution in [0.2, 0.25) is 0 Å². The molecule has 0 aromatic heterocycles. The molecule has 0 unspecified atom stereocenters. The zero-order chi connectivity index (χ0) is 25.8. The highest BCUT2D eigenvalue weighted by Crippen LogP contribution is 2.34. The number of nitrogens with one attached hydrogen (secondary N) is 1. The molecule has 3 N–H and O–H groups in total. The van der Waals surface area contributed by atoms with Gasteiger partial charge in [-0.05, 0) is 45.0 Å². The van der Waals surface area contributed by atoms with Gasteiger partial charge in [0.1, 0.15) is 11.6 Å². The standard InChI is InChI=1S/C15H20N2O3S.C10H12N2OS.CH4.2ClH/c1-15(2,3)20-14(19)16-10-9-21-12-8-6-5-7-11(12)17(4)13(10)18;1-12-8-4-2-3-5-9(8)14-6-7(11)10(12)13;;;/h5-8,10H,9H2,1-4H3,(H,16,19);2-5,7H,6,11H2,1H3;1H4;2*1H/t10-;7-;;;/m00.../s1. The first kappa shape index (κ1) is 35.9. The number of amides is 3. The van der Waals surface area contributed by atoms with Gasteiger partial charge in [-0.25, -0.2) is 4.79 Å². The van der Waals surface area contributed by atoms with E-state index in [0.717, 1.165) is 21.2 Å². The minimum atomic E-state index is -0.595. The lowest BCUT2D eigenvalue weighted by Gasteiger charge is -2.24. The molecule has 0 bridgehead atoms. The molecule has 2 aliphatic rings. The minimum Gasteiger partial charge on any atom is -0.444 e. The lowest BCUT2D eigenvalue weighted by molar-refractivity contribution is -0.120. The Kier molecular flexibility index (Phi) is 14.6. The average Bonchev–Trinajstić information content (AvgIpc) is 3.00. The molecule has 3 amide bonds. The lowest BCUT2D eigenvalue weighted by Crippen LogP contribution is -2.49. The van der Waals surface area contributed by atoms with Crippen LogP contribution in [0.3, 0.4) is 0 Å². The number of likely N-dealkylation sites (N-methyl/N-ethyl adjacent to an activating group) is 2. The number of benzene rings is 2. The zero-order valence-electron chi connectivity index (χ0n) is 21.4. The Hall–Kier alpha value is -2.11. The average molecular weight is 606 g/mol. The molecule has 0 saturated heterocycles. The van der Waals surface area contributed by atoms with Gasteiger partial charge in [0.2, 0.25) is 11.8 Å². The van der Waals surface area contributed by atoms with Crippen molar-refractivity contribution >= 4 is 77.6 Å². The number of fused-ring (bicyclic) bond motifs is 2. The van der Waals surface area contributed by atoms with Gasteiger partial charge < -0.3 is 25.6 Å². The van der Waals surface area contributed by atoms with E-state index < -0.39 is 23.8 Å². The van der Waals surface area contributed by atoms with Crippen LogP contribution in [0.15, 0.2) is 58.3 Å². The molecule has 212 valence electrons. The smallest absolute Gasteiger partial charge is 0.408 e. The third-order valence-corrected chi connectivity index (χ3v) is 7.58. The van der Waals surface area contributed by atoms with Crippen molar-refractivity contribution < 1.29 is 19.1 Å². The van der Waals surface area contributed by atoms with E-state index in [1.807, 2.05) is 48.5 Å². The van der Waals surface area contributed by atoms with Gasteiger partial charge in [0, 0.05) is 35.4 Å². The van der Waals surface area contributed by atoms with Crippen LogP contribution in [0.4, 0.5) is 16.2 Å². The molecule has 2 aliphatic heterocycles. The van der Waals surface area contributed by atoms with Crippen molar-refractivity contribution in [2.75, 3.05) is 35.4 Å². The van der Waals surface area contributed by atoms with Gasteiger partial charge in [0.15, 0.2) is 0 Å². The topological polar surface area (TPSA) is 105 Å². The number of thioether (sulfide) groups is 2. The number of ether oxygens (including phenoxy) is 1. The molecule has 0 fully saturated rings. The Morgan fingerprint density at radius 2 is 1.34 bits per heavy atom. The SMILES string of the molecule is C.CN1C(=O)[C@@H](N)CSc2ccccc21.CN1C(=O)[C@@H](NC(=O)OC(C)(C)C)CSc2ccccc21.Cl.Cl. The summed E-state index contributed by atoms with van der Waals surface area (Å²) in [4.78, 5) is 41.4. The van der Waals surface area contributed by atoms with Crippen molar-refractivity contribution in [1.29, 1.82) is 0 Å². The lowest BCUT2D eigenvalue weighted by atomic mass is 10.2. The number of hydrogen-bond acceptors (Lipinski definition) is 7. The van der Waals surface area contributed by atoms with Gasteiger partial charge in [-0.1, -0.05) is 31.7 Å². The van der Waals surface area contributed by atoms with Crippen LogP contribution in [0, 0.1) is 0 Å². The number of halogens is 2. The summed E-state index contributed by atoms with van der Waals surface area (Å²) in [5.41, 5.74) is 6.97. The maximum absolute atomic E-state index is 12.5. The van der Waals surface area contributed by atoms with E-state index in [4.69, 9.17) is 10.5 Å². The molecule has 0 aliphatic carbocycles. The summed E-state index contributed by atoms with van der Waals surface area (Å²) in [5.74, 6) is 0.986. The molecule has 2 heterocycles. The van der Waals surface area contributed by atoms with Crippen molar-refractivity contribution in [1.82, 2.24) is 5.32 Å². The molecule has 38 heavy (non-hydrogen) atoms. The van der Waals surface area contributed by atoms with Gasteiger partial charge in [0.25, 0.3) is 0 Å². The third-order valence-electron chi connectivity index (χ3n) is 5.24. The van der Waals surface area contributed by atoms with Gasteiger partial charge in [-0.3, -0.25) is 9.59 Å². The van der Waals surface area contributed by atoms with Crippen molar-refractivity contribution in [3.8, 4) is 0 Å². The Morgan fingerprint density at radius 1 is 0.895 bits per heavy atom. The van der Waals surface area contributed by atoms with Crippen molar-refractivity contribution in [2.24, 2.45) is 5.73 Å². The van der Waals surface area contributed by atoms with Gasteiger partial charge >= 0.3 is 6.09 Å². The number of rotatable bonds is 1. The Balaban J connectivity index is 0.000000710. The van der Waals surface area contributed by atoms with Crippen LogP contribution in [-0.4, -0.2) is 61.2 Å². The number of anilines is 2. The molecule has 8 nitrogen and oxygen atoms in total. The van der Waals surface area contributed by atoms with Gasteiger partial charge in [-0.2, -0.15) is 0 Å². The predicted octanol–water partition coefficient (Wildman–Crippen LogP) is 5.21. The predicted molar refractivity (Wildman–Crippen MR) is 164 cm³/mol. The fraction of sp³-hybridized carbons (Fsp3) is 0.423. The molecule has 12 heteroatoms. The first-order valence-corrected chi connectivity index (χ1v) is 13.2. The number of alkyl carbamates (subject to hydrolysis) is 1. The fourth-order valence-corrected chi connectivity index (χ4v) is 5.61. The Labute approximate surface area is 246 Å². The highest BCUT2D eigenvalue weighted by molar-refractivity contribution is 7.99. The summed E-state index contributed by atoms with van der Waals surface area (Å²) in [5, 5.41) is 2.66. The number of carbonyl (C=O) groups is 3. The van der Waals surface area contributed by atoms with Crippen LogP contribution >= 0.6 is 48.3 Å². The summed E-state index contributed by atoms with van der Waals surface area (Å²) in [6.07, 6.45) is -0.569. The van der Waals surface area contributed by atoms with Gasteiger partial charge in [-0.15, -0.1) is 48.3 Å². The highest BCUT2D eigenvalue weighted by atomic mass is 35.5. The van der Waals surface area contributed by atoms with Gasteiger partial charge in [0.05, 0.1) is 17.4 Å². The summed E-state index contributed by atoms with van der Waals surface area (Å²) in [6, 6.07) is 14.6. The zero-order valence-corrected chi connectivity index (χ0v) is 24.7. The normalized spacial score (nSPS) is 18.4. The fourth-order valence-electron chi connectivity index (χ4n) is 3.48. The van der Waals surface area contributed by atoms with Crippen LogP contribution in [-0.2, 0) is 14.3 Å². The van der Waals surface area contributed by atoms with E-state index in [1.165, 1.54) is 0 Å². The number of carbonyl (C=O) groups excluding carboxylic acids is 3. The summed E-state index contributed by atoms with van der Waals surface area (Å²) in [6.45, 7) is 5.37. The second-order valence-corrected chi connectivity index (χ2v) is 11.3. The van der Waals surface area contributed by atoms with E-state index in [-0.39, 0.29) is 44.1 Å². The minimum absolute atomic E-state index is 0. The summed E-state index contributed by atoms with van der Waals surface area (Å²) in [7, 11) is 3.49. The van der Waals surface area contributed by atoms with Crippen LogP contribution < -0.4 is 20.9 Å². The molecular weight excluding hydrogens is 567 g/mol. The molecule has 2 aromatic carbocycles. The van der Waals surface area contributed by atoms with E-state index in [2.05, 4.69) is 5.32 Å². The monoisotopic (exact) mass is 604 g/mol. The molecule has 0 spiro atoms. The molecule has 0 saturated carbocycles. The van der Waals surface area contributed by atoms with Crippen LogP contribution in [0.25, 0.3) is 0 Å². The third kappa shape index (κ3) is 9.27. The summed E-state index contributed by atoms with van der Waals surface area (Å²) < 4.78 is 5.21. The molecule has 2 atom stereocenters. The van der Waals surface area contributed by atoms with Crippen molar-refractivity contribution in [3.63, 3.8) is 0 Å². The van der Waals surface area contributed by atoms with Crippen LogP contribution in [0.5, 0.6) is 0 Å². The summed E-state index contributed by atoms with van der Waals surface area (Å²) >= 11 is 3.19. The van der Waals surface area contributed by atoms with E-state index in [9.17, 15) is 14.4 Å². The first-order valence-electron chi connectivity index (χ1n) is 11.2. The Morgan fingerprint density at radius 3 is 1.84 bits per heavy atom. The largest absolute Gasteiger partial charge is 0.444 e. The van der Waals surface area contributed by atoms with E-state index in [0.29, 0.717) is 11.5 Å². The second kappa shape index (κ2) is 15.5. The Bertz CT molecular complexity index is 1100. The molecule has 4 rings (SSSR count). The maximum Gasteiger partial charge on any atom is 0.408 e. The second-order valence-electron chi connectivity index (χ2n) is 9.16. The number of hydrogen-bond donors (Lipinski definition) is 2. The van der Waals surface area contributed by atoms with Crippen LogP contribution in [0.1, 0.15) is 28.2 Å². The molecule has 2 aromatic rings. The van der Waals surface area contributed by atoms with E-state index in [1.54, 1.807) is 68.2 Å². The number of para-hydroxylation sites is 2. The molecule has 0 radical (unpaired) electrons. The first-order chi connectivity index (χ1) is 16.5. The van der Waals surface area contributed by atoms with E-state index >= 15 is 0 Å². The number of nitrogens with zero attached hydrogens (tertiary/aromatic N) is 2. The molecular formula is C26H38Cl2N4O4S2. The quantitative estimate of drug-likeness (QED) is 0.460. The number of nitrogens with two attached hydrogens (primary N) is 1. The van der Waals surface area contributed by atoms with Crippen molar-refractivity contribution in [3.05, 3.63) is 48.5 Å². The van der Waals surface area contributed by atoms with Crippen molar-refractivity contribution in [2.45, 2.75) is 55.7 Å².